The van der Waals surface area contributed by atoms with E-state index in [9.17, 15) is 27.5 Å². The Hall–Kier alpha value is -4.25. The molecule has 1 aliphatic rings. The Balaban J connectivity index is 1.56. The van der Waals surface area contributed by atoms with Gasteiger partial charge in [-0.05, 0) is 48.2 Å². The molecular formula is C25H19F4N5O2. The van der Waals surface area contributed by atoms with Crippen LogP contribution in [0.2, 0.25) is 0 Å². The van der Waals surface area contributed by atoms with E-state index < -0.39 is 36.1 Å². The largest absolute Gasteiger partial charge is 0.419 e. The number of aliphatic hydroxyl groups is 1. The second-order valence-electron chi connectivity index (χ2n) is 8.30. The maximum Gasteiger partial charge on any atom is 0.419 e. The molecule has 4 aromatic rings. The Labute approximate surface area is 202 Å². The first kappa shape index (κ1) is 23.5. The summed E-state index contributed by atoms with van der Waals surface area (Å²) < 4.78 is 55.3. The molecular weight excluding hydrogens is 478 g/mol. The van der Waals surface area contributed by atoms with Crippen molar-refractivity contribution in [2.75, 3.05) is 10.6 Å². The van der Waals surface area contributed by atoms with Gasteiger partial charge >= 0.3 is 6.18 Å². The van der Waals surface area contributed by atoms with Gasteiger partial charge in [-0.2, -0.15) is 18.3 Å². The molecule has 3 N–H and O–H groups in total. The lowest BCUT2D eigenvalue weighted by Crippen LogP contribution is -2.29. The molecule has 1 aliphatic heterocycles. The smallest absolute Gasteiger partial charge is 0.390 e. The fourth-order valence-electron chi connectivity index (χ4n) is 4.24. The van der Waals surface area contributed by atoms with Gasteiger partial charge in [0.25, 0.3) is 5.91 Å². The van der Waals surface area contributed by atoms with Crippen LogP contribution in [0.4, 0.5) is 29.1 Å². The van der Waals surface area contributed by atoms with Crippen LogP contribution >= 0.6 is 0 Å². The highest BCUT2D eigenvalue weighted by Gasteiger charge is 2.37. The number of nitrogens with zero attached hydrogens (tertiary/aromatic N) is 3. The van der Waals surface area contributed by atoms with Crippen LogP contribution in [-0.4, -0.2) is 25.8 Å². The number of benzene rings is 2. The number of carbonyl (C=O) groups is 1. The molecule has 2 aromatic heterocycles. The van der Waals surface area contributed by atoms with Gasteiger partial charge in [-0.3, -0.25) is 9.78 Å². The van der Waals surface area contributed by atoms with Crippen LogP contribution in [0.3, 0.4) is 0 Å². The summed E-state index contributed by atoms with van der Waals surface area (Å²) in [5.41, 5.74) is 0.149. The van der Waals surface area contributed by atoms with Crippen molar-refractivity contribution >= 4 is 28.2 Å². The van der Waals surface area contributed by atoms with Gasteiger partial charge < -0.3 is 15.7 Å². The fourth-order valence-corrected chi connectivity index (χ4v) is 4.24. The standard InChI is InChI=1S/C25H19F4N5O2/c1-13-21(12-35)33-34-22(15-3-5-19(20(26)9-15)25(27,28)29)18(11-31-23(13)34)24(36)32-17-4-2-16-10-30-7-6-14(16)8-17/h2-11,22,31,35H,12H2,1H3,(H,32,36). The molecule has 5 rings (SSSR count). The van der Waals surface area contributed by atoms with E-state index in [1.807, 2.05) is 0 Å². The molecule has 0 radical (unpaired) electrons. The minimum atomic E-state index is -4.87. The van der Waals surface area contributed by atoms with Gasteiger partial charge in [-0.15, -0.1) is 0 Å². The van der Waals surface area contributed by atoms with E-state index in [-0.39, 0.29) is 11.1 Å². The van der Waals surface area contributed by atoms with Crippen molar-refractivity contribution in [3.05, 3.63) is 94.8 Å². The van der Waals surface area contributed by atoms with Crippen LogP contribution in [0.15, 0.2) is 66.6 Å². The number of aromatic nitrogens is 3. The summed E-state index contributed by atoms with van der Waals surface area (Å²) in [4.78, 5) is 17.4. The summed E-state index contributed by atoms with van der Waals surface area (Å²) in [6.45, 7) is 1.31. The number of alkyl halides is 3. The Morgan fingerprint density at radius 3 is 2.69 bits per heavy atom. The number of hydrogen-bond acceptors (Lipinski definition) is 5. The van der Waals surface area contributed by atoms with Crippen molar-refractivity contribution in [1.29, 1.82) is 0 Å². The van der Waals surface area contributed by atoms with Crippen LogP contribution in [0.25, 0.3) is 10.8 Å². The molecule has 184 valence electrons. The lowest BCUT2D eigenvalue weighted by molar-refractivity contribution is -0.140. The summed E-state index contributed by atoms with van der Waals surface area (Å²) >= 11 is 0. The van der Waals surface area contributed by atoms with Gasteiger partial charge in [0.1, 0.15) is 17.7 Å². The van der Waals surface area contributed by atoms with E-state index >= 15 is 0 Å². The third-order valence-electron chi connectivity index (χ3n) is 6.07. The zero-order valence-corrected chi connectivity index (χ0v) is 18.8. The molecule has 11 heteroatoms. The Morgan fingerprint density at radius 2 is 1.97 bits per heavy atom. The number of amides is 1. The van der Waals surface area contributed by atoms with Crippen molar-refractivity contribution in [2.24, 2.45) is 0 Å². The first-order valence-electron chi connectivity index (χ1n) is 10.8. The number of aliphatic hydroxyl groups excluding tert-OH is 1. The first-order valence-corrected chi connectivity index (χ1v) is 10.8. The second kappa shape index (κ2) is 8.76. The SMILES string of the molecule is Cc1c(CO)nn2c1NC=C(C(=O)Nc1ccc3cnccc3c1)C2c1ccc(C(F)(F)F)c(F)c1. The first-order chi connectivity index (χ1) is 17.2. The maximum absolute atomic E-state index is 14.5. The second-order valence-corrected chi connectivity index (χ2v) is 8.30. The summed E-state index contributed by atoms with van der Waals surface area (Å²) in [6, 6.07) is 8.48. The van der Waals surface area contributed by atoms with Gasteiger partial charge in [0.05, 0.1) is 23.4 Å². The van der Waals surface area contributed by atoms with E-state index in [4.69, 9.17) is 0 Å². The minimum Gasteiger partial charge on any atom is -0.390 e. The van der Waals surface area contributed by atoms with Crippen molar-refractivity contribution in [3.8, 4) is 0 Å². The van der Waals surface area contributed by atoms with Crippen molar-refractivity contribution in [3.63, 3.8) is 0 Å². The van der Waals surface area contributed by atoms with Gasteiger partial charge in [-0.1, -0.05) is 12.1 Å². The average molecular weight is 497 g/mol. The molecule has 0 saturated heterocycles. The predicted octanol–water partition coefficient (Wildman–Crippen LogP) is 4.93. The summed E-state index contributed by atoms with van der Waals surface area (Å²) in [7, 11) is 0. The Morgan fingerprint density at radius 1 is 1.17 bits per heavy atom. The molecule has 0 spiro atoms. The quantitative estimate of drug-likeness (QED) is 0.348. The summed E-state index contributed by atoms with van der Waals surface area (Å²) in [5, 5.41) is 21.5. The monoisotopic (exact) mass is 497 g/mol. The number of hydrogen-bond donors (Lipinski definition) is 3. The number of rotatable bonds is 4. The lowest BCUT2D eigenvalue weighted by Gasteiger charge is -2.27. The number of nitrogens with one attached hydrogen (secondary N) is 2. The van der Waals surface area contributed by atoms with Gasteiger partial charge in [-0.25, -0.2) is 9.07 Å². The van der Waals surface area contributed by atoms with Gasteiger partial charge in [0.15, 0.2) is 0 Å². The lowest BCUT2D eigenvalue weighted by atomic mass is 9.95. The van der Waals surface area contributed by atoms with Crippen LogP contribution in [0, 0.1) is 12.7 Å². The van der Waals surface area contributed by atoms with E-state index in [0.29, 0.717) is 28.8 Å². The third-order valence-corrected chi connectivity index (χ3v) is 6.07. The molecule has 1 atom stereocenters. The predicted molar refractivity (Wildman–Crippen MR) is 125 cm³/mol. The average Bonchev–Trinajstić information content (AvgIpc) is 3.18. The minimum absolute atomic E-state index is 0.0845. The normalized spacial score (nSPS) is 15.3. The van der Waals surface area contributed by atoms with E-state index in [1.54, 1.807) is 43.6 Å². The third kappa shape index (κ3) is 4.07. The van der Waals surface area contributed by atoms with E-state index in [0.717, 1.165) is 22.9 Å². The highest BCUT2D eigenvalue weighted by atomic mass is 19.4. The Bertz CT molecular complexity index is 1530. The number of halogens is 4. The zero-order valence-electron chi connectivity index (χ0n) is 18.8. The molecule has 0 saturated carbocycles. The number of anilines is 2. The molecule has 1 amide bonds. The van der Waals surface area contributed by atoms with Crippen molar-refractivity contribution < 1.29 is 27.5 Å². The molecule has 0 aliphatic carbocycles. The highest BCUT2D eigenvalue weighted by Crippen LogP contribution is 2.38. The van der Waals surface area contributed by atoms with Gasteiger partial charge in [0, 0.05) is 35.2 Å². The van der Waals surface area contributed by atoms with E-state index in [1.165, 1.54) is 10.9 Å². The number of carbonyl (C=O) groups excluding carboxylic acids is 1. The molecule has 7 nitrogen and oxygen atoms in total. The zero-order chi connectivity index (χ0) is 25.6. The topological polar surface area (TPSA) is 92.1 Å². The summed E-state index contributed by atoms with van der Waals surface area (Å²) in [6.07, 6.45) is -0.150. The molecule has 0 fully saturated rings. The molecule has 36 heavy (non-hydrogen) atoms. The van der Waals surface area contributed by atoms with Crippen molar-refractivity contribution in [2.45, 2.75) is 25.7 Å². The molecule has 1 unspecified atom stereocenters. The van der Waals surface area contributed by atoms with E-state index in [2.05, 4.69) is 20.7 Å². The van der Waals surface area contributed by atoms with Crippen LogP contribution in [0.5, 0.6) is 0 Å². The van der Waals surface area contributed by atoms with Crippen LogP contribution < -0.4 is 10.6 Å². The van der Waals surface area contributed by atoms with Crippen molar-refractivity contribution in [1.82, 2.24) is 14.8 Å². The van der Waals surface area contributed by atoms with Crippen LogP contribution in [-0.2, 0) is 17.6 Å². The fraction of sp³-hybridized carbons (Fsp3) is 0.160. The highest BCUT2D eigenvalue weighted by molar-refractivity contribution is 6.06. The molecule has 2 aromatic carbocycles. The van der Waals surface area contributed by atoms with Crippen LogP contribution in [0.1, 0.15) is 28.4 Å². The maximum atomic E-state index is 14.5. The summed E-state index contributed by atoms with van der Waals surface area (Å²) in [5.74, 6) is -1.60. The molecule has 3 heterocycles. The molecule has 0 bridgehead atoms. The number of pyridine rings is 1. The van der Waals surface area contributed by atoms with Gasteiger partial charge in [0.2, 0.25) is 0 Å². The number of fused-ring (bicyclic) bond motifs is 2. The Kier molecular flexibility index (Phi) is 5.71.